The molecule has 0 aromatic carbocycles. The van der Waals surface area contributed by atoms with E-state index in [1.807, 2.05) is 20.8 Å². The number of amides is 1. The number of rotatable bonds is 1. The summed E-state index contributed by atoms with van der Waals surface area (Å²) < 4.78 is 5.33. The van der Waals surface area contributed by atoms with Gasteiger partial charge in [-0.25, -0.2) is 4.79 Å². The van der Waals surface area contributed by atoms with Gasteiger partial charge in [-0.05, 0) is 40.2 Å². The molecule has 2 heterocycles. The van der Waals surface area contributed by atoms with Crippen LogP contribution in [0.1, 0.15) is 33.6 Å². The average Bonchev–Trinajstić information content (AvgIpc) is 2.27. The molecule has 2 N–H and O–H groups in total. The van der Waals surface area contributed by atoms with E-state index < -0.39 is 5.60 Å². The van der Waals surface area contributed by atoms with Crippen LogP contribution in [0, 0.1) is 0 Å². The molecule has 2 aliphatic heterocycles. The van der Waals surface area contributed by atoms with E-state index in [9.17, 15) is 4.79 Å². The molecule has 18 heavy (non-hydrogen) atoms. The van der Waals surface area contributed by atoms with E-state index in [0.717, 1.165) is 39.0 Å². The van der Waals surface area contributed by atoms with Gasteiger partial charge in [-0.1, -0.05) is 0 Å². The summed E-state index contributed by atoms with van der Waals surface area (Å²) in [6.45, 7) is 9.91. The van der Waals surface area contributed by atoms with Crippen LogP contribution in [-0.4, -0.2) is 54.9 Å². The minimum Gasteiger partial charge on any atom is -0.444 e. The van der Waals surface area contributed by atoms with E-state index in [0.29, 0.717) is 6.04 Å². The maximum absolute atomic E-state index is 11.8. The fourth-order valence-electron chi connectivity index (χ4n) is 2.78. The Morgan fingerprint density at radius 2 is 2.17 bits per heavy atom. The maximum Gasteiger partial charge on any atom is 0.407 e. The lowest BCUT2D eigenvalue weighted by Crippen LogP contribution is -2.63. The third-order valence-electron chi connectivity index (χ3n) is 3.53. The largest absolute Gasteiger partial charge is 0.444 e. The molecule has 5 heteroatoms. The molecular weight excluding hydrogens is 230 g/mol. The summed E-state index contributed by atoms with van der Waals surface area (Å²) in [5.41, 5.74) is -0.427. The van der Waals surface area contributed by atoms with Crippen molar-refractivity contribution in [1.29, 1.82) is 0 Å². The van der Waals surface area contributed by atoms with Gasteiger partial charge in [-0.15, -0.1) is 0 Å². The summed E-state index contributed by atoms with van der Waals surface area (Å²) >= 11 is 0. The monoisotopic (exact) mass is 255 g/mol. The van der Waals surface area contributed by atoms with Gasteiger partial charge in [-0.3, -0.25) is 4.90 Å². The van der Waals surface area contributed by atoms with Crippen LogP contribution in [0.15, 0.2) is 0 Å². The van der Waals surface area contributed by atoms with Gasteiger partial charge >= 0.3 is 6.09 Å². The van der Waals surface area contributed by atoms with Crippen molar-refractivity contribution in [3.8, 4) is 0 Å². The number of piperidine rings is 1. The number of carbonyl (C=O) groups is 1. The predicted molar refractivity (Wildman–Crippen MR) is 70.6 cm³/mol. The van der Waals surface area contributed by atoms with Crippen molar-refractivity contribution >= 4 is 6.09 Å². The van der Waals surface area contributed by atoms with Crippen molar-refractivity contribution in [3.05, 3.63) is 0 Å². The predicted octanol–water partition coefficient (Wildman–Crippen LogP) is 0.947. The Hall–Kier alpha value is -0.810. The van der Waals surface area contributed by atoms with Crippen LogP contribution in [0.2, 0.25) is 0 Å². The summed E-state index contributed by atoms with van der Waals surface area (Å²) in [4.78, 5) is 14.3. The van der Waals surface area contributed by atoms with E-state index in [4.69, 9.17) is 4.74 Å². The lowest BCUT2D eigenvalue weighted by atomic mass is 9.94. The first-order chi connectivity index (χ1) is 8.46. The second-order valence-corrected chi connectivity index (χ2v) is 6.20. The van der Waals surface area contributed by atoms with Gasteiger partial charge in [-0.2, -0.15) is 0 Å². The van der Waals surface area contributed by atoms with Gasteiger partial charge in [0.15, 0.2) is 0 Å². The third kappa shape index (κ3) is 3.59. The van der Waals surface area contributed by atoms with Gasteiger partial charge in [0.1, 0.15) is 5.60 Å². The molecule has 0 spiro atoms. The van der Waals surface area contributed by atoms with Crippen LogP contribution in [0.4, 0.5) is 4.79 Å². The molecule has 0 radical (unpaired) electrons. The number of ether oxygens (including phenoxy) is 1. The molecule has 1 amide bonds. The van der Waals surface area contributed by atoms with Crippen molar-refractivity contribution in [3.63, 3.8) is 0 Å². The summed E-state index contributed by atoms with van der Waals surface area (Å²) in [5.74, 6) is 0. The molecule has 2 aliphatic rings. The highest BCUT2D eigenvalue weighted by Crippen LogP contribution is 2.19. The maximum atomic E-state index is 11.8. The molecule has 0 aromatic heterocycles. The van der Waals surface area contributed by atoms with E-state index >= 15 is 0 Å². The molecular formula is C13H25N3O2. The summed E-state index contributed by atoms with van der Waals surface area (Å²) in [5, 5.41) is 6.43. The minimum absolute atomic E-state index is 0.210. The summed E-state index contributed by atoms with van der Waals surface area (Å²) in [7, 11) is 0. The van der Waals surface area contributed by atoms with Gasteiger partial charge in [0.25, 0.3) is 0 Å². The molecule has 2 rings (SSSR count). The molecule has 2 saturated heterocycles. The van der Waals surface area contributed by atoms with E-state index in [1.165, 1.54) is 0 Å². The zero-order chi connectivity index (χ0) is 13.2. The summed E-state index contributed by atoms with van der Waals surface area (Å²) in [6, 6.07) is 0.626. The number of hydrogen-bond donors (Lipinski definition) is 2. The van der Waals surface area contributed by atoms with Crippen LogP contribution >= 0.6 is 0 Å². The molecule has 2 unspecified atom stereocenters. The Morgan fingerprint density at radius 1 is 1.39 bits per heavy atom. The van der Waals surface area contributed by atoms with Gasteiger partial charge in [0.2, 0.25) is 0 Å². The van der Waals surface area contributed by atoms with Crippen molar-refractivity contribution in [1.82, 2.24) is 15.5 Å². The number of nitrogens with one attached hydrogen (secondary N) is 2. The van der Waals surface area contributed by atoms with Crippen LogP contribution in [0.5, 0.6) is 0 Å². The zero-order valence-electron chi connectivity index (χ0n) is 11.7. The first-order valence-corrected chi connectivity index (χ1v) is 6.90. The quantitative estimate of drug-likeness (QED) is 0.732. The highest BCUT2D eigenvalue weighted by molar-refractivity contribution is 5.68. The second-order valence-electron chi connectivity index (χ2n) is 6.20. The van der Waals surface area contributed by atoms with E-state index in [-0.39, 0.29) is 12.1 Å². The SMILES string of the molecule is CC(C)(C)OC(=O)NC1CCCN2CCNCC12. The topological polar surface area (TPSA) is 53.6 Å². The number of fused-ring (bicyclic) bond motifs is 1. The fraction of sp³-hybridized carbons (Fsp3) is 0.923. The van der Waals surface area contributed by atoms with Crippen molar-refractivity contribution in [2.24, 2.45) is 0 Å². The Kier molecular flexibility index (Phi) is 4.12. The number of nitrogens with zero attached hydrogens (tertiary/aromatic N) is 1. The average molecular weight is 255 g/mol. The molecule has 104 valence electrons. The van der Waals surface area contributed by atoms with E-state index in [2.05, 4.69) is 15.5 Å². The number of piperazine rings is 1. The Morgan fingerprint density at radius 3 is 2.89 bits per heavy atom. The van der Waals surface area contributed by atoms with Crippen molar-refractivity contribution in [2.75, 3.05) is 26.2 Å². The van der Waals surface area contributed by atoms with Gasteiger partial charge < -0.3 is 15.4 Å². The lowest BCUT2D eigenvalue weighted by Gasteiger charge is -2.44. The summed E-state index contributed by atoms with van der Waals surface area (Å²) in [6.07, 6.45) is 1.90. The van der Waals surface area contributed by atoms with Crippen LogP contribution < -0.4 is 10.6 Å². The smallest absolute Gasteiger partial charge is 0.407 e. The van der Waals surface area contributed by atoms with Crippen LogP contribution in [0.3, 0.4) is 0 Å². The van der Waals surface area contributed by atoms with Gasteiger partial charge in [0, 0.05) is 31.7 Å². The first kappa shape index (κ1) is 13.6. The Balaban J connectivity index is 1.89. The standard InChI is InChI=1S/C13H25N3O2/c1-13(2,3)18-12(17)15-10-5-4-7-16-8-6-14-9-11(10)16/h10-11,14H,4-9H2,1-3H3,(H,15,17). The van der Waals surface area contributed by atoms with Crippen molar-refractivity contribution in [2.45, 2.75) is 51.3 Å². The Bertz CT molecular complexity index is 299. The molecule has 5 nitrogen and oxygen atoms in total. The number of carbonyl (C=O) groups excluding carboxylic acids is 1. The molecule has 0 aromatic rings. The van der Waals surface area contributed by atoms with Crippen LogP contribution in [0.25, 0.3) is 0 Å². The molecule has 2 atom stereocenters. The Labute approximate surface area is 109 Å². The van der Waals surface area contributed by atoms with Crippen LogP contribution in [-0.2, 0) is 4.74 Å². The second kappa shape index (κ2) is 5.45. The minimum atomic E-state index is -0.427. The molecule has 2 fully saturated rings. The number of alkyl carbamates (subject to hydrolysis) is 1. The number of hydrogen-bond acceptors (Lipinski definition) is 4. The van der Waals surface area contributed by atoms with E-state index in [1.54, 1.807) is 0 Å². The lowest BCUT2D eigenvalue weighted by molar-refractivity contribution is 0.0378. The normalized spacial score (nSPS) is 29.5. The zero-order valence-corrected chi connectivity index (χ0v) is 11.7. The first-order valence-electron chi connectivity index (χ1n) is 6.90. The molecule has 0 bridgehead atoms. The van der Waals surface area contributed by atoms with Gasteiger partial charge in [0.05, 0.1) is 0 Å². The van der Waals surface area contributed by atoms with Crippen molar-refractivity contribution < 1.29 is 9.53 Å². The molecule has 0 saturated carbocycles. The highest BCUT2D eigenvalue weighted by atomic mass is 16.6. The molecule has 0 aliphatic carbocycles. The third-order valence-corrected chi connectivity index (χ3v) is 3.53. The fourth-order valence-corrected chi connectivity index (χ4v) is 2.78. The highest BCUT2D eigenvalue weighted by Gasteiger charge is 2.34.